The summed E-state index contributed by atoms with van der Waals surface area (Å²) < 4.78 is 31.3. The quantitative estimate of drug-likeness (QED) is 0.778. The standard InChI is InChI=1S/C15H21NO4S/c1-2-20-15(17)14-9-6-10-16(11-14)21(18,19)12-13-7-4-3-5-8-13/h3-5,7-8,14H,2,6,9-12H2,1H3/t14-/m0/s1. The third kappa shape index (κ3) is 4.28. The number of benzene rings is 1. The number of carbonyl (C=O) groups excluding carboxylic acids is 1. The van der Waals surface area contributed by atoms with E-state index in [4.69, 9.17) is 4.74 Å². The molecule has 0 aliphatic carbocycles. The minimum Gasteiger partial charge on any atom is -0.466 e. The maximum absolute atomic E-state index is 12.5. The number of ether oxygens (including phenoxy) is 1. The fraction of sp³-hybridized carbons (Fsp3) is 0.533. The molecule has 1 aromatic carbocycles. The number of hydrogen-bond donors (Lipinski definition) is 0. The summed E-state index contributed by atoms with van der Waals surface area (Å²) >= 11 is 0. The second kappa shape index (κ2) is 7.04. The molecule has 2 rings (SSSR count). The first-order valence-electron chi connectivity index (χ1n) is 7.21. The molecule has 0 N–H and O–H groups in total. The van der Waals surface area contributed by atoms with E-state index in [1.165, 1.54) is 4.31 Å². The van der Waals surface area contributed by atoms with Crippen molar-refractivity contribution in [3.8, 4) is 0 Å². The maximum atomic E-state index is 12.5. The van der Waals surface area contributed by atoms with Crippen LogP contribution < -0.4 is 0 Å². The first-order chi connectivity index (χ1) is 10.0. The minimum atomic E-state index is -3.39. The summed E-state index contributed by atoms with van der Waals surface area (Å²) in [5.41, 5.74) is 0.760. The summed E-state index contributed by atoms with van der Waals surface area (Å²) in [5.74, 6) is -0.662. The number of piperidine rings is 1. The van der Waals surface area contributed by atoms with Crippen LogP contribution >= 0.6 is 0 Å². The summed E-state index contributed by atoms with van der Waals surface area (Å²) in [6.45, 7) is 2.79. The molecule has 0 unspecified atom stereocenters. The smallest absolute Gasteiger partial charge is 0.310 e. The lowest BCUT2D eigenvalue weighted by molar-refractivity contribution is -0.149. The Hall–Kier alpha value is -1.40. The van der Waals surface area contributed by atoms with E-state index in [1.807, 2.05) is 18.2 Å². The van der Waals surface area contributed by atoms with E-state index < -0.39 is 10.0 Å². The normalized spacial score (nSPS) is 20.1. The highest BCUT2D eigenvalue weighted by Gasteiger charge is 2.32. The zero-order chi connectivity index (χ0) is 15.3. The zero-order valence-electron chi connectivity index (χ0n) is 12.2. The highest BCUT2D eigenvalue weighted by Crippen LogP contribution is 2.22. The molecule has 0 saturated carbocycles. The van der Waals surface area contributed by atoms with Gasteiger partial charge in [-0.25, -0.2) is 12.7 Å². The molecule has 1 aromatic rings. The molecule has 0 spiro atoms. The maximum Gasteiger partial charge on any atom is 0.310 e. The van der Waals surface area contributed by atoms with Crippen LogP contribution in [0.15, 0.2) is 30.3 Å². The van der Waals surface area contributed by atoms with Gasteiger partial charge in [-0.3, -0.25) is 4.79 Å². The van der Waals surface area contributed by atoms with Crippen molar-refractivity contribution in [1.29, 1.82) is 0 Å². The molecule has 5 nitrogen and oxygen atoms in total. The van der Waals surface area contributed by atoms with Crippen LogP contribution in [-0.4, -0.2) is 38.4 Å². The monoisotopic (exact) mass is 311 g/mol. The summed E-state index contributed by atoms with van der Waals surface area (Å²) in [6, 6.07) is 9.09. The van der Waals surface area contributed by atoms with Crippen molar-refractivity contribution >= 4 is 16.0 Å². The molecule has 0 aromatic heterocycles. The van der Waals surface area contributed by atoms with Gasteiger partial charge in [-0.2, -0.15) is 0 Å². The van der Waals surface area contributed by atoms with E-state index >= 15 is 0 Å². The Labute approximate surface area is 126 Å². The van der Waals surface area contributed by atoms with Crippen molar-refractivity contribution in [2.45, 2.75) is 25.5 Å². The number of rotatable bonds is 5. The summed E-state index contributed by atoms with van der Waals surface area (Å²) in [7, 11) is -3.39. The van der Waals surface area contributed by atoms with Gasteiger partial charge in [0.1, 0.15) is 0 Å². The Balaban J connectivity index is 2.04. The second-order valence-electron chi connectivity index (χ2n) is 5.19. The van der Waals surface area contributed by atoms with Gasteiger partial charge in [0.25, 0.3) is 0 Å². The third-order valence-corrected chi connectivity index (χ3v) is 5.41. The average Bonchev–Trinajstić information content (AvgIpc) is 2.48. The van der Waals surface area contributed by atoms with Gasteiger partial charge in [0, 0.05) is 13.1 Å². The minimum absolute atomic E-state index is 0.0244. The average molecular weight is 311 g/mol. The predicted molar refractivity (Wildman–Crippen MR) is 80.0 cm³/mol. The van der Waals surface area contributed by atoms with Crippen LogP contribution in [0, 0.1) is 5.92 Å². The van der Waals surface area contributed by atoms with Crippen molar-refractivity contribution in [3.05, 3.63) is 35.9 Å². The Bertz CT molecular complexity index is 571. The molecule has 1 atom stereocenters. The molecular weight excluding hydrogens is 290 g/mol. The van der Waals surface area contributed by atoms with Gasteiger partial charge in [0.2, 0.25) is 10.0 Å². The van der Waals surface area contributed by atoms with Crippen LogP contribution in [0.4, 0.5) is 0 Å². The predicted octanol–water partition coefficient (Wildman–Crippen LogP) is 1.79. The van der Waals surface area contributed by atoms with Crippen molar-refractivity contribution in [2.75, 3.05) is 19.7 Å². The number of sulfonamides is 1. The lowest BCUT2D eigenvalue weighted by atomic mass is 10.0. The highest BCUT2D eigenvalue weighted by molar-refractivity contribution is 7.88. The Kier molecular flexibility index (Phi) is 5.36. The zero-order valence-corrected chi connectivity index (χ0v) is 13.0. The van der Waals surface area contributed by atoms with Gasteiger partial charge >= 0.3 is 5.97 Å². The van der Waals surface area contributed by atoms with E-state index in [-0.39, 0.29) is 24.2 Å². The molecule has 0 bridgehead atoms. The lowest BCUT2D eigenvalue weighted by Gasteiger charge is -2.30. The number of carbonyl (C=O) groups is 1. The molecule has 1 saturated heterocycles. The van der Waals surface area contributed by atoms with Crippen molar-refractivity contribution in [2.24, 2.45) is 5.92 Å². The lowest BCUT2D eigenvalue weighted by Crippen LogP contribution is -2.43. The van der Waals surface area contributed by atoms with Crippen LogP contribution in [-0.2, 0) is 25.3 Å². The van der Waals surface area contributed by atoms with Crippen molar-refractivity contribution < 1.29 is 17.9 Å². The number of hydrogen-bond acceptors (Lipinski definition) is 4. The Morgan fingerprint density at radius 2 is 2.05 bits per heavy atom. The molecule has 0 amide bonds. The summed E-state index contributed by atoms with van der Waals surface area (Å²) in [6.07, 6.45) is 1.38. The van der Waals surface area contributed by atoms with Crippen LogP contribution in [0.3, 0.4) is 0 Å². The molecule has 1 aliphatic heterocycles. The van der Waals surface area contributed by atoms with Crippen molar-refractivity contribution in [3.63, 3.8) is 0 Å². The Morgan fingerprint density at radius 3 is 2.71 bits per heavy atom. The number of esters is 1. The van der Waals surface area contributed by atoms with Gasteiger partial charge in [-0.15, -0.1) is 0 Å². The molecule has 1 heterocycles. The van der Waals surface area contributed by atoms with Crippen LogP contribution in [0.2, 0.25) is 0 Å². The molecule has 21 heavy (non-hydrogen) atoms. The van der Waals surface area contributed by atoms with Crippen LogP contribution in [0.25, 0.3) is 0 Å². The van der Waals surface area contributed by atoms with Crippen molar-refractivity contribution in [1.82, 2.24) is 4.31 Å². The van der Waals surface area contributed by atoms with Crippen LogP contribution in [0.1, 0.15) is 25.3 Å². The highest BCUT2D eigenvalue weighted by atomic mass is 32.2. The third-order valence-electron chi connectivity index (χ3n) is 3.59. The van der Waals surface area contributed by atoms with E-state index in [0.29, 0.717) is 26.0 Å². The summed E-state index contributed by atoms with van der Waals surface area (Å²) in [5, 5.41) is 0. The van der Waals surface area contributed by atoms with Gasteiger partial charge in [-0.05, 0) is 25.3 Å². The molecular formula is C15H21NO4S. The molecule has 1 fully saturated rings. The fourth-order valence-corrected chi connectivity index (χ4v) is 4.13. The van der Waals surface area contributed by atoms with E-state index in [1.54, 1.807) is 19.1 Å². The van der Waals surface area contributed by atoms with Gasteiger partial charge in [-0.1, -0.05) is 30.3 Å². The second-order valence-corrected chi connectivity index (χ2v) is 7.16. The topological polar surface area (TPSA) is 63.7 Å². The SMILES string of the molecule is CCOC(=O)[C@H]1CCCN(S(=O)(=O)Cc2ccccc2)C1. The van der Waals surface area contributed by atoms with E-state index in [0.717, 1.165) is 5.56 Å². The van der Waals surface area contributed by atoms with Crippen LogP contribution in [0.5, 0.6) is 0 Å². The van der Waals surface area contributed by atoms with Gasteiger partial charge in [0.15, 0.2) is 0 Å². The molecule has 116 valence electrons. The Morgan fingerprint density at radius 1 is 1.33 bits per heavy atom. The van der Waals surface area contributed by atoms with Gasteiger partial charge < -0.3 is 4.74 Å². The van der Waals surface area contributed by atoms with Gasteiger partial charge in [0.05, 0.1) is 18.3 Å². The summed E-state index contributed by atoms with van der Waals surface area (Å²) in [4.78, 5) is 11.8. The first kappa shape index (κ1) is 16.0. The first-order valence-corrected chi connectivity index (χ1v) is 8.82. The molecule has 0 radical (unpaired) electrons. The molecule has 1 aliphatic rings. The number of nitrogens with zero attached hydrogens (tertiary/aromatic N) is 1. The molecule has 6 heteroatoms. The van der Waals surface area contributed by atoms with E-state index in [2.05, 4.69) is 0 Å². The largest absolute Gasteiger partial charge is 0.466 e. The van der Waals surface area contributed by atoms with E-state index in [9.17, 15) is 13.2 Å². The fourth-order valence-electron chi connectivity index (χ4n) is 2.52.